The number of carbonyl (C=O) groups excluding carboxylic acids is 1. The number of imidazole rings is 1. The van der Waals surface area contributed by atoms with E-state index in [1.165, 1.54) is 38.5 Å². The summed E-state index contributed by atoms with van der Waals surface area (Å²) >= 11 is 0. The first-order chi connectivity index (χ1) is 16.1. The quantitative estimate of drug-likeness (QED) is 0.614. The number of likely N-dealkylation sites (tertiary alicyclic amines) is 1. The number of benzene rings is 1. The number of para-hydroxylation sites is 2. The van der Waals surface area contributed by atoms with Crippen molar-refractivity contribution in [2.75, 3.05) is 19.6 Å². The fourth-order valence-corrected chi connectivity index (χ4v) is 7.83. The van der Waals surface area contributed by atoms with E-state index >= 15 is 0 Å². The van der Waals surface area contributed by atoms with Crippen molar-refractivity contribution >= 4 is 16.8 Å². The molecule has 4 bridgehead atoms. The molecule has 4 aliphatic carbocycles. The van der Waals surface area contributed by atoms with Crippen LogP contribution in [-0.4, -0.2) is 39.5 Å². The van der Waals surface area contributed by atoms with Gasteiger partial charge in [-0.2, -0.15) is 0 Å². The molecule has 0 atom stereocenters. The first-order valence-electron chi connectivity index (χ1n) is 13.5. The molecule has 4 saturated carbocycles. The molecule has 0 N–H and O–H groups in total. The van der Waals surface area contributed by atoms with Gasteiger partial charge in [0.15, 0.2) is 5.78 Å². The van der Waals surface area contributed by atoms with Crippen molar-refractivity contribution in [3.8, 4) is 0 Å². The molecule has 5 aliphatic rings. The fourth-order valence-electron chi connectivity index (χ4n) is 7.83. The number of piperidine rings is 1. The number of Topliss-reactive ketones (excluding diaryl/α,β-unsaturated/α-hetero) is 1. The molecule has 1 aromatic carbocycles. The third-order valence-corrected chi connectivity index (χ3v) is 8.95. The third kappa shape index (κ3) is 4.22. The van der Waals surface area contributed by atoms with Gasteiger partial charge in [0.05, 0.1) is 17.6 Å². The summed E-state index contributed by atoms with van der Waals surface area (Å²) in [5.74, 6) is 2.57. The first-order valence-corrected chi connectivity index (χ1v) is 13.5. The van der Waals surface area contributed by atoms with Crippen LogP contribution in [-0.2, 0) is 17.9 Å². The molecule has 1 aliphatic heterocycles. The van der Waals surface area contributed by atoms with Gasteiger partial charge in [-0.1, -0.05) is 32.4 Å². The Morgan fingerprint density at radius 3 is 1.97 bits per heavy atom. The molecular weight excluding hydrogens is 410 g/mol. The summed E-state index contributed by atoms with van der Waals surface area (Å²) in [5, 5.41) is 0. The Hall–Kier alpha value is -1.88. The Kier molecular flexibility index (Phi) is 6.52. The molecule has 5 nitrogen and oxygen atoms in total. The minimum atomic E-state index is -0.148. The van der Waals surface area contributed by atoms with Crippen molar-refractivity contribution in [1.29, 1.82) is 0 Å². The van der Waals surface area contributed by atoms with Gasteiger partial charge in [-0.3, -0.25) is 13.9 Å². The van der Waals surface area contributed by atoms with Gasteiger partial charge in [-0.05, 0) is 94.3 Å². The lowest BCUT2D eigenvalue weighted by atomic mass is 9.48. The second-order valence-electron chi connectivity index (χ2n) is 11.0. The topological polar surface area (TPSA) is 47.2 Å². The average molecular weight is 452 g/mol. The van der Waals surface area contributed by atoms with E-state index in [2.05, 4.69) is 4.90 Å². The van der Waals surface area contributed by atoms with Crippen LogP contribution in [0.25, 0.3) is 11.0 Å². The van der Waals surface area contributed by atoms with Crippen LogP contribution in [0.15, 0.2) is 29.1 Å². The van der Waals surface area contributed by atoms with Crippen molar-refractivity contribution in [3.05, 3.63) is 34.7 Å². The van der Waals surface area contributed by atoms with E-state index in [0.717, 1.165) is 67.7 Å². The Morgan fingerprint density at radius 1 is 0.848 bits per heavy atom. The van der Waals surface area contributed by atoms with Crippen molar-refractivity contribution in [3.63, 3.8) is 0 Å². The number of aromatic nitrogens is 2. The number of rotatable bonds is 6. The van der Waals surface area contributed by atoms with E-state index in [0.29, 0.717) is 12.3 Å². The summed E-state index contributed by atoms with van der Waals surface area (Å²) in [7, 11) is 0. The third-order valence-electron chi connectivity index (χ3n) is 8.95. The van der Waals surface area contributed by atoms with Gasteiger partial charge in [-0.15, -0.1) is 0 Å². The number of hydrogen-bond acceptors (Lipinski definition) is 3. The summed E-state index contributed by atoms with van der Waals surface area (Å²) < 4.78 is 3.70. The normalized spacial score (nSPS) is 30.9. The van der Waals surface area contributed by atoms with Gasteiger partial charge < -0.3 is 4.90 Å². The maximum Gasteiger partial charge on any atom is 0.329 e. The number of hydrogen-bond donors (Lipinski definition) is 0. The lowest BCUT2D eigenvalue weighted by molar-refractivity contribution is -0.144. The van der Waals surface area contributed by atoms with Crippen LogP contribution in [0.1, 0.15) is 71.6 Å². The van der Waals surface area contributed by atoms with Crippen LogP contribution in [0.4, 0.5) is 0 Å². The van der Waals surface area contributed by atoms with E-state index in [4.69, 9.17) is 0 Å². The van der Waals surface area contributed by atoms with E-state index in [9.17, 15) is 9.59 Å². The molecule has 0 amide bonds. The highest BCUT2D eigenvalue weighted by molar-refractivity contribution is 5.87. The maximum atomic E-state index is 13.7. The zero-order valence-corrected chi connectivity index (χ0v) is 20.6. The van der Waals surface area contributed by atoms with Crippen LogP contribution >= 0.6 is 0 Å². The molecule has 5 fully saturated rings. The molecule has 1 saturated heterocycles. The highest BCUT2D eigenvalue weighted by atomic mass is 16.2. The van der Waals surface area contributed by atoms with Gasteiger partial charge in [0.25, 0.3) is 0 Å². The standard InChI is InChI=1S/C26H35N3O2.C2H6/c30-24(26-15-19-12-20(16-26)14-21(13-19)17-26)18-29-23-7-3-2-6-22(23)28(25(29)31)11-10-27-8-4-1-5-9-27;1-2/h2-3,6-7,19-21H,1,4-5,8-18H2;1-2H3. The minimum Gasteiger partial charge on any atom is -0.302 e. The molecule has 2 heterocycles. The predicted molar refractivity (Wildman–Crippen MR) is 133 cm³/mol. The second-order valence-corrected chi connectivity index (χ2v) is 11.0. The summed E-state index contributed by atoms with van der Waals surface area (Å²) in [5.41, 5.74) is 1.74. The molecule has 0 radical (unpaired) electrons. The molecule has 0 spiro atoms. The monoisotopic (exact) mass is 451 g/mol. The Balaban J connectivity index is 0.00000111. The number of fused-ring (bicyclic) bond motifs is 1. The van der Waals surface area contributed by atoms with E-state index in [1.807, 2.05) is 42.7 Å². The van der Waals surface area contributed by atoms with E-state index in [-0.39, 0.29) is 17.6 Å². The smallest absolute Gasteiger partial charge is 0.302 e. The zero-order chi connectivity index (χ0) is 23.0. The number of nitrogens with zero attached hydrogens (tertiary/aromatic N) is 3. The second kappa shape index (κ2) is 9.40. The Bertz CT molecular complexity index is 1010. The summed E-state index contributed by atoms with van der Waals surface area (Å²) in [6.45, 7) is 8.15. The van der Waals surface area contributed by atoms with Crippen LogP contribution in [0.2, 0.25) is 0 Å². The molecule has 33 heavy (non-hydrogen) atoms. The van der Waals surface area contributed by atoms with Crippen LogP contribution in [0.5, 0.6) is 0 Å². The Morgan fingerprint density at radius 2 is 1.39 bits per heavy atom. The Labute approximate surface area is 198 Å². The van der Waals surface area contributed by atoms with Crippen molar-refractivity contribution in [2.24, 2.45) is 23.2 Å². The van der Waals surface area contributed by atoms with Gasteiger partial charge in [0.2, 0.25) is 0 Å². The highest BCUT2D eigenvalue weighted by Crippen LogP contribution is 2.60. The van der Waals surface area contributed by atoms with Crippen molar-refractivity contribution < 1.29 is 4.79 Å². The van der Waals surface area contributed by atoms with Crippen LogP contribution < -0.4 is 5.69 Å². The van der Waals surface area contributed by atoms with Gasteiger partial charge in [0.1, 0.15) is 0 Å². The summed E-state index contributed by atoms with van der Waals surface area (Å²) in [6, 6.07) is 8.05. The van der Waals surface area contributed by atoms with Gasteiger partial charge in [0, 0.05) is 18.5 Å². The van der Waals surface area contributed by atoms with Gasteiger partial charge >= 0.3 is 5.69 Å². The summed E-state index contributed by atoms with van der Waals surface area (Å²) in [4.78, 5) is 29.7. The zero-order valence-electron chi connectivity index (χ0n) is 20.6. The maximum absolute atomic E-state index is 13.7. The van der Waals surface area contributed by atoms with Crippen LogP contribution in [0, 0.1) is 23.2 Å². The lowest BCUT2D eigenvalue weighted by Gasteiger charge is -2.56. The van der Waals surface area contributed by atoms with Crippen molar-refractivity contribution in [2.45, 2.75) is 84.7 Å². The average Bonchev–Trinajstić information content (AvgIpc) is 3.09. The largest absolute Gasteiger partial charge is 0.329 e. The summed E-state index contributed by atoms with van der Waals surface area (Å²) in [6.07, 6.45) is 11.1. The van der Waals surface area contributed by atoms with Gasteiger partial charge in [-0.25, -0.2) is 4.79 Å². The van der Waals surface area contributed by atoms with E-state index in [1.54, 1.807) is 4.57 Å². The lowest BCUT2D eigenvalue weighted by Crippen LogP contribution is -2.51. The molecule has 5 heteroatoms. The highest BCUT2D eigenvalue weighted by Gasteiger charge is 2.54. The molecule has 7 rings (SSSR count). The minimum absolute atomic E-state index is 0.00344. The predicted octanol–water partition coefficient (Wildman–Crippen LogP) is 5.10. The first kappa shape index (κ1) is 22.9. The molecular formula is C28H41N3O2. The molecule has 0 unspecified atom stereocenters. The fraction of sp³-hybridized carbons (Fsp3) is 0.714. The van der Waals surface area contributed by atoms with Crippen molar-refractivity contribution in [1.82, 2.24) is 14.0 Å². The molecule has 2 aromatic rings. The molecule has 1 aromatic heterocycles. The number of carbonyl (C=O) groups is 1. The molecule has 180 valence electrons. The number of ketones is 1. The SMILES string of the molecule is CC.O=C(Cn1c(=O)n(CCN2CCCCC2)c2ccccc21)C12CC3CC(CC(C3)C1)C2. The van der Waals surface area contributed by atoms with E-state index < -0.39 is 0 Å². The van der Waals surface area contributed by atoms with Crippen LogP contribution in [0.3, 0.4) is 0 Å².